The molecule has 0 spiro atoms. The number of hydrogen-bond donors (Lipinski definition) is 2. The summed E-state index contributed by atoms with van der Waals surface area (Å²) < 4.78 is 31.0. The minimum atomic E-state index is -1.15. The van der Waals surface area contributed by atoms with Gasteiger partial charge in [0.2, 0.25) is 0 Å². The molecule has 2 heterocycles. The third kappa shape index (κ3) is 4.50. The van der Waals surface area contributed by atoms with E-state index >= 15 is 0 Å². The maximum atomic E-state index is 13.5. The van der Waals surface area contributed by atoms with Crippen LogP contribution in [0.15, 0.2) is 42.7 Å². The largest absolute Gasteiger partial charge is 0.503 e. The molecular formula is C26H27F2N5O2. The summed E-state index contributed by atoms with van der Waals surface area (Å²) in [4.78, 5) is 12.3. The highest BCUT2D eigenvalue weighted by Crippen LogP contribution is 2.33. The molecule has 35 heavy (non-hydrogen) atoms. The van der Waals surface area contributed by atoms with Crippen molar-refractivity contribution in [1.29, 1.82) is 0 Å². The molecule has 9 heteroatoms. The Kier molecular flexibility index (Phi) is 6.00. The Bertz CT molecular complexity index is 1380. The zero-order valence-electron chi connectivity index (χ0n) is 19.6. The van der Waals surface area contributed by atoms with Crippen molar-refractivity contribution in [1.82, 2.24) is 24.9 Å². The van der Waals surface area contributed by atoms with Gasteiger partial charge in [-0.15, -0.1) is 0 Å². The number of rotatable bonds is 5. The molecule has 0 bridgehead atoms. The molecule has 5 rings (SSSR count). The summed E-state index contributed by atoms with van der Waals surface area (Å²) in [6.45, 7) is 2.48. The van der Waals surface area contributed by atoms with E-state index in [1.165, 1.54) is 0 Å². The zero-order chi connectivity index (χ0) is 24.7. The molecule has 2 N–H and O–H groups in total. The smallest absolute Gasteiger partial charge is 0.251 e. The number of halogens is 2. The van der Waals surface area contributed by atoms with Crippen LogP contribution in [0.1, 0.15) is 47.8 Å². The molecular weight excluding hydrogens is 452 g/mol. The van der Waals surface area contributed by atoms with Crippen LogP contribution in [-0.2, 0) is 7.05 Å². The van der Waals surface area contributed by atoms with Gasteiger partial charge in [0.25, 0.3) is 5.91 Å². The number of hydrogen-bond acceptors (Lipinski definition) is 4. The highest BCUT2D eigenvalue weighted by Gasteiger charge is 2.24. The number of aryl methyl sites for hydroxylation is 1. The van der Waals surface area contributed by atoms with Crippen LogP contribution >= 0.6 is 0 Å². The summed E-state index contributed by atoms with van der Waals surface area (Å²) in [6, 6.07) is 8.27. The molecule has 2 aromatic carbocycles. The summed E-state index contributed by atoms with van der Waals surface area (Å²) in [5.41, 5.74) is 4.12. The number of fused-ring (bicyclic) bond motifs is 1. The monoisotopic (exact) mass is 479 g/mol. The van der Waals surface area contributed by atoms with Gasteiger partial charge in [-0.05, 0) is 62.3 Å². The second kappa shape index (κ2) is 9.13. The predicted molar refractivity (Wildman–Crippen MR) is 128 cm³/mol. The summed E-state index contributed by atoms with van der Waals surface area (Å²) in [5.74, 6) is -3.64. The molecule has 1 saturated carbocycles. The van der Waals surface area contributed by atoms with E-state index in [0.29, 0.717) is 12.6 Å². The van der Waals surface area contributed by atoms with Crippen LogP contribution in [0.5, 0.6) is 5.75 Å². The number of carbonyl (C=O) groups is 1. The zero-order valence-corrected chi connectivity index (χ0v) is 19.6. The highest BCUT2D eigenvalue weighted by atomic mass is 19.1. The first-order valence-corrected chi connectivity index (χ1v) is 11.7. The Morgan fingerprint density at radius 3 is 2.51 bits per heavy atom. The van der Waals surface area contributed by atoms with E-state index in [1.54, 1.807) is 0 Å². The van der Waals surface area contributed by atoms with E-state index in [4.69, 9.17) is 5.10 Å². The van der Waals surface area contributed by atoms with Crippen LogP contribution in [-0.4, -0.2) is 37.1 Å². The van der Waals surface area contributed by atoms with Gasteiger partial charge in [-0.3, -0.25) is 14.2 Å². The fourth-order valence-corrected chi connectivity index (χ4v) is 4.82. The Morgan fingerprint density at radius 2 is 1.86 bits per heavy atom. The Balaban J connectivity index is 1.20. The Labute approximate surface area is 201 Å². The average Bonchev–Trinajstić information content (AvgIpc) is 3.43. The lowest BCUT2D eigenvalue weighted by Crippen LogP contribution is -2.31. The van der Waals surface area contributed by atoms with Gasteiger partial charge in [0.1, 0.15) is 0 Å². The fourth-order valence-electron chi connectivity index (χ4n) is 4.82. The van der Waals surface area contributed by atoms with Gasteiger partial charge in [0, 0.05) is 42.0 Å². The lowest BCUT2D eigenvalue weighted by molar-refractivity contribution is 0.0940. The van der Waals surface area contributed by atoms with Gasteiger partial charge in [-0.1, -0.05) is 12.1 Å². The number of phenolic OH excluding ortho intramolecular Hbond substituents is 1. The van der Waals surface area contributed by atoms with Crippen LogP contribution in [0.3, 0.4) is 0 Å². The minimum absolute atomic E-state index is 0.143. The second-order valence-corrected chi connectivity index (χ2v) is 9.32. The second-order valence-electron chi connectivity index (χ2n) is 9.32. The highest BCUT2D eigenvalue weighted by molar-refractivity contribution is 5.94. The molecule has 2 aromatic heterocycles. The average molecular weight is 480 g/mol. The van der Waals surface area contributed by atoms with E-state index < -0.39 is 23.3 Å². The summed E-state index contributed by atoms with van der Waals surface area (Å²) >= 11 is 0. The van der Waals surface area contributed by atoms with Crippen molar-refractivity contribution in [2.24, 2.45) is 13.0 Å². The van der Waals surface area contributed by atoms with Crippen molar-refractivity contribution in [3.63, 3.8) is 0 Å². The van der Waals surface area contributed by atoms with Crippen molar-refractivity contribution in [3.05, 3.63) is 65.6 Å². The van der Waals surface area contributed by atoms with Crippen molar-refractivity contribution in [2.75, 3.05) is 6.54 Å². The lowest BCUT2D eigenvalue weighted by atomic mass is 9.86. The summed E-state index contributed by atoms with van der Waals surface area (Å²) in [6.07, 6.45) is 7.67. The van der Waals surface area contributed by atoms with Gasteiger partial charge < -0.3 is 10.4 Å². The first kappa shape index (κ1) is 23.0. The maximum Gasteiger partial charge on any atom is 0.251 e. The summed E-state index contributed by atoms with van der Waals surface area (Å²) in [5, 5.41) is 22.2. The van der Waals surface area contributed by atoms with E-state index in [-0.39, 0.29) is 11.5 Å². The molecule has 0 aliphatic heterocycles. The fraction of sp³-hybridized carbons (Fsp3) is 0.346. The van der Waals surface area contributed by atoms with Gasteiger partial charge in [-0.25, -0.2) is 8.78 Å². The molecule has 0 atom stereocenters. The van der Waals surface area contributed by atoms with Crippen LogP contribution in [0.2, 0.25) is 0 Å². The van der Waals surface area contributed by atoms with E-state index in [9.17, 15) is 18.7 Å². The van der Waals surface area contributed by atoms with Crippen molar-refractivity contribution < 1.29 is 18.7 Å². The first-order chi connectivity index (χ1) is 16.8. The van der Waals surface area contributed by atoms with E-state index in [0.717, 1.165) is 65.5 Å². The number of nitrogens with zero attached hydrogens (tertiary/aromatic N) is 4. The molecule has 0 saturated heterocycles. The molecule has 1 amide bonds. The molecule has 182 valence electrons. The molecule has 4 aromatic rings. The molecule has 7 nitrogen and oxygen atoms in total. The predicted octanol–water partition coefficient (Wildman–Crippen LogP) is 4.89. The number of aromatic nitrogens is 4. The normalized spacial score (nSPS) is 18.2. The molecule has 1 aliphatic rings. The molecule has 1 aliphatic carbocycles. The van der Waals surface area contributed by atoms with Gasteiger partial charge >= 0.3 is 0 Å². The quantitative estimate of drug-likeness (QED) is 0.427. The molecule has 0 radical (unpaired) electrons. The van der Waals surface area contributed by atoms with Crippen molar-refractivity contribution in [2.45, 2.75) is 38.6 Å². The molecule has 1 fully saturated rings. The first-order valence-electron chi connectivity index (χ1n) is 11.7. The third-order valence-corrected chi connectivity index (χ3v) is 7.09. The number of nitrogens with one attached hydrogen (secondary N) is 1. The number of carbonyl (C=O) groups excluding carboxylic acids is 1. The number of phenols is 1. The van der Waals surface area contributed by atoms with Crippen LogP contribution < -0.4 is 5.32 Å². The van der Waals surface area contributed by atoms with E-state index in [1.807, 2.05) is 24.9 Å². The van der Waals surface area contributed by atoms with Crippen molar-refractivity contribution >= 4 is 16.8 Å². The Hall–Kier alpha value is -3.75. The minimum Gasteiger partial charge on any atom is -0.503 e. The lowest BCUT2D eigenvalue weighted by Gasteiger charge is -2.28. The van der Waals surface area contributed by atoms with Crippen LogP contribution in [0.4, 0.5) is 8.78 Å². The number of amides is 1. The number of aromatic hydroxyl groups is 1. The standard InChI is InChI=1S/C26H27F2N5O2/c1-15-21(13-30-32(15)2)17-5-6-18-14-33(31-24(18)11-17)20-7-3-16(4-8-20)12-29-26(35)19-9-22(27)25(34)23(28)10-19/h5-6,9-11,13-14,16,20,34H,3-4,7-8,12H2,1-2H3,(H,29,35). The Morgan fingerprint density at radius 1 is 1.14 bits per heavy atom. The summed E-state index contributed by atoms with van der Waals surface area (Å²) in [7, 11) is 1.93. The SMILES string of the molecule is Cc1c(-c2ccc3cn(C4CCC(CNC(=O)c5cc(F)c(O)c(F)c5)CC4)nc3c2)cnn1C. The van der Waals surface area contributed by atoms with Gasteiger partial charge in [0.15, 0.2) is 17.4 Å². The van der Waals surface area contributed by atoms with Crippen LogP contribution in [0.25, 0.3) is 22.0 Å². The van der Waals surface area contributed by atoms with Crippen molar-refractivity contribution in [3.8, 4) is 16.9 Å². The topological polar surface area (TPSA) is 85.0 Å². The number of benzene rings is 2. The maximum absolute atomic E-state index is 13.5. The molecule has 0 unspecified atom stereocenters. The van der Waals surface area contributed by atoms with Gasteiger partial charge in [0.05, 0.1) is 17.8 Å². The third-order valence-electron chi connectivity index (χ3n) is 7.09. The van der Waals surface area contributed by atoms with Gasteiger partial charge in [-0.2, -0.15) is 10.2 Å². The van der Waals surface area contributed by atoms with E-state index in [2.05, 4.69) is 39.5 Å². The van der Waals surface area contributed by atoms with Crippen LogP contribution in [0, 0.1) is 24.5 Å².